The summed E-state index contributed by atoms with van der Waals surface area (Å²) in [5.74, 6) is 0.733. The van der Waals surface area contributed by atoms with E-state index in [4.69, 9.17) is 10.00 Å². The minimum Gasteiger partial charge on any atom is -0.487 e. The monoisotopic (exact) mass is 260 g/mol. The smallest absolute Gasteiger partial charge is 0.126 e. The standard InChI is InChI=1S/C15H20N2O2/c1-9(2)17-14-12-7-11(8-16)5-6-13(12)19-10(3)15(14,4)18/h5-7,9-10,14,17-18H,1-4H3. The van der Waals surface area contributed by atoms with Gasteiger partial charge in [-0.3, -0.25) is 0 Å². The largest absolute Gasteiger partial charge is 0.487 e. The van der Waals surface area contributed by atoms with Gasteiger partial charge in [-0.25, -0.2) is 0 Å². The molecule has 1 aliphatic heterocycles. The number of benzene rings is 1. The number of ether oxygens (including phenoxy) is 1. The third-order valence-corrected chi connectivity index (χ3v) is 3.66. The molecule has 0 fully saturated rings. The van der Waals surface area contributed by atoms with Crippen LogP contribution in [0.15, 0.2) is 18.2 Å². The zero-order valence-corrected chi connectivity index (χ0v) is 11.8. The van der Waals surface area contributed by atoms with Gasteiger partial charge in [0, 0.05) is 11.6 Å². The Morgan fingerprint density at radius 2 is 2.16 bits per heavy atom. The normalized spacial score (nSPS) is 29.5. The van der Waals surface area contributed by atoms with Crippen LogP contribution in [0.1, 0.15) is 44.9 Å². The molecule has 1 aromatic carbocycles. The molecule has 0 spiro atoms. The first kappa shape index (κ1) is 13.9. The summed E-state index contributed by atoms with van der Waals surface area (Å²) in [6.07, 6.45) is -0.316. The van der Waals surface area contributed by atoms with Crippen molar-refractivity contribution in [1.29, 1.82) is 5.26 Å². The lowest BCUT2D eigenvalue weighted by Crippen LogP contribution is -2.55. The van der Waals surface area contributed by atoms with Crippen LogP contribution in [0.2, 0.25) is 0 Å². The highest BCUT2D eigenvalue weighted by atomic mass is 16.5. The second kappa shape index (κ2) is 4.84. The summed E-state index contributed by atoms with van der Waals surface area (Å²) in [7, 11) is 0. The summed E-state index contributed by atoms with van der Waals surface area (Å²) >= 11 is 0. The van der Waals surface area contributed by atoms with Crippen molar-refractivity contribution in [2.75, 3.05) is 0 Å². The van der Waals surface area contributed by atoms with Gasteiger partial charge in [-0.1, -0.05) is 13.8 Å². The van der Waals surface area contributed by atoms with E-state index in [2.05, 4.69) is 11.4 Å². The molecule has 0 aromatic heterocycles. The number of nitriles is 1. The van der Waals surface area contributed by atoms with E-state index in [1.807, 2.05) is 20.8 Å². The van der Waals surface area contributed by atoms with E-state index >= 15 is 0 Å². The Bertz CT molecular complexity index is 517. The molecule has 102 valence electrons. The number of hydrogen-bond donors (Lipinski definition) is 2. The molecule has 4 heteroatoms. The molecule has 2 N–H and O–H groups in total. The van der Waals surface area contributed by atoms with Gasteiger partial charge < -0.3 is 15.2 Å². The van der Waals surface area contributed by atoms with Gasteiger partial charge in [-0.05, 0) is 32.0 Å². The predicted molar refractivity (Wildman–Crippen MR) is 72.9 cm³/mol. The van der Waals surface area contributed by atoms with Gasteiger partial charge in [-0.2, -0.15) is 5.26 Å². The lowest BCUT2D eigenvalue weighted by atomic mass is 9.82. The highest BCUT2D eigenvalue weighted by molar-refractivity contribution is 5.46. The maximum atomic E-state index is 10.7. The SMILES string of the molecule is CC(C)NC1c2cc(C#N)ccc2OC(C)C1(C)O. The third-order valence-electron chi connectivity index (χ3n) is 3.66. The number of rotatable bonds is 2. The molecule has 0 saturated carbocycles. The Hall–Kier alpha value is -1.57. The quantitative estimate of drug-likeness (QED) is 0.855. The Morgan fingerprint density at radius 1 is 1.47 bits per heavy atom. The van der Waals surface area contributed by atoms with Crippen LogP contribution >= 0.6 is 0 Å². The molecule has 4 nitrogen and oxygen atoms in total. The third kappa shape index (κ3) is 2.44. The Kier molecular flexibility index (Phi) is 3.53. The molecule has 1 aromatic rings. The first-order chi connectivity index (χ1) is 8.86. The molecule has 3 unspecified atom stereocenters. The van der Waals surface area contributed by atoms with E-state index in [1.165, 1.54) is 0 Å². The van der Waals surface area contributed by atoms with E-state index in [0.717, 1.165) is 11.3 Å². The topological polar surface area (TPSA) is 65.3 Å². The predicted octanol–water partition coefficient (Wildman–Crippen LogP) is 2.13. The van der Waals surface area contributed by atoms with Crippen LogP contribution in [0.4, 0.5) is 0 Å². The van der Waals surface area contributed by atoms with Gasteiger partial charge in [0.15, 0.2) is 0 Å². The summed E-state index contributed by atoms with van der Waals surface area (Å²) in [5, 5.41) is 23.1. The molecule has 19 heavy (non-hydrogen) atoms. The molecule has 3 atom stereocenters. The van der Waals surface area contributed by atoms with Gasteiger partial charge in [0.1, 0.15) is 17.5 Å². The van der Waals surface area contributed by atoms with Gasteiger partial charge in [0.25, 0.3) is 0 Å². The summed E-state index contributed by atoms with van der Waals surface area (Å²) in [6.45, 7) is 7.68. The second-order valence-electron chi connectivity index (χ2n) is 5.60. The lowest BCUT2D eigenvalue weighted by molar-refractivity contribution is -0.0830. The molecule has 0 amide bonds. The van der Waals surface area contributed by atoms with Crippen molar-refractivity contribution in [1.82, 2.24) is 5.32 Å². The fraction of sp³-hybridized carbons (Fsp3) is 0.533. The van der Waals surface area contributed by atoms with Crippen LogP contribution in [0.5, 0.6) is 5.75 Å². The fourth-order valence-electron chi connectivity index (χ4n) is 2.40. The lowest BCUT2D eigenvalue weighted by Gasteiger charge is -2.44. The van der Waals surface area contributed by atoms with Crippen molar-refractivity contribution >= 4 is 0 Å². The first-order valence-corrected chi connectivity index (χ1v) is 6.55. The maximum absolute atomic E-state index is 10.7. The number of hydrogen-bond acceptors (Lipinski definition) is 4. The van der Waals surface area contributed by atoms with E-state index < -0.39 is 5.60 Å². The molecule has 0 aliphatic carbocycles. The summed E-state index contributed by atoms with van der Waals surface area (Å²) < 4.78 is 5.76. The first-order valence-electron chi connectivity index (χ1n) is 6.55. The van der Waals surface area contributed by atoms with Crippen molar-refractivity contribution in [2.45, 2.75) is 51.5 Å². The zero-order valence-electron chi connectivity index (χ0n) is 11.8. The molecular formula is C15H20N2O2. The average Bonchev–Trinajstić information content (AvgIpc) is 2.34. The van der Waals surface area contributed by atoms with Gasteiger partial charge >= 0.3 is 0 Å². The van der Waals surface area contributed by atoms with Crippen molar-refractivity contribution in [3.63, 3.8) is 0 Å². The van der Waals surface area contributed by atoms with Crippen molar-refractivity contribution in [3.05, 3.63) is 29.3 Å². The van der Waals surface area contributed by atoms with Crippen LogP contribution in [-0.2, 0) is 0 Å². The maximum Gasteiger partial charge on any atom is 0.126 e. The minimum atomic E-state index is -1.02. The molecule has 0 saturated heterocycles. The second-order valence-corrected chi connectivity index (χ2v) is 5.60. The molecule has 0 bridgehead atoms. The number of nitrogens with one attached hydrogen (secondary N) is 1. The van der Waals surface area contributed by atoms with Crippen LogP contribution in [0.25, 0.3) is 0 Å². The molecule has 1 aliphatic rings. The van der Waals surface area contributed by atoms with Gasteiger partial charge in [-0.15, -0.1) is 0 Å². The summed E-state index contributed by atoms with van der Waals surface area (Å²) in [6, 6.07) is 7.42. The average molecular weight is 260 g/mol. The Morgan fingerprint density at radius 3 is 2.74 bits per heavy atom. The van der Waals surface area contributed by atoms with Crippen molar-refractivity contribution in [3.8, 4) is 11.8 Å². The highest BCUT2D eigenvalue weighted by Gasteiger charge is 2.45. The van der Waals surface area contributed by atoms with Gasteiger partial charge in [0.2, 0.25) is 0 Å². The summed E-state index contributed by atoms with van der Waals surface area (Å²) in [5.41, 5.74) is 0.393. The van der Waals surface area contributed by atoms with E-state index in [0.29, 0.717) is 5.56 Å². The Balaban J connectivity index is 2.52. The molecule has 2 rings (SSSR count). The fourth-order valence-corrected chi connectivity index (χ4v) is 2.40. The molecule has 1 heterocycles. The Labute approximate surface area is 114 Å². The highest BCUT2D eigenvalue weighted by Crippen LogP contribution is 2.41. The minimum absolute atomic E-state index is 0.223. The number of nitrogens with zero attached hydrogens (tertiary/aromatic N) is 1. The number of aliphatic hydroxyl groups is 1. The van der Waals surface area contributed by atoms with Crippen molar-refractivity contribution < 1.29 is 9.84 Å². The van der Waals surface area contributed by atoms with Crippen LogP contribution < -0.4 is 10.1 Å². The van der Waals surface area contributed by atoms with Crippen LogP contribution in [-0.4, -0.2) is 22.9 Å². The molecule has 0 radical (unpaired) electrons. The molecular weight excluding hydrogens is 240 g/mol. The van der Waals surface area contributed by atoms with Crippen LogP contribution in [0, 0.1) is 11.3 Å². The van der Waals surface area contributed by atoms with Crippen molar-refractivity contribution in [2.24, 2.45) is 0 Å². The number of fused-ring (bicyclic) bond motifs is 1. The van der Waals surface area contributed by atoms with E-state index in [-0.39, 0.29) is 18.2 Å². The zero-order chi connectivity index (χ0) is 14.2. The van der Waals surface area contributed by atoms with Gasteiger partial charge in [0.05, 0.1) is 17.7 Å². The summed E-state index contributed by atoms with van der Waals surface area (Å²) in [4.78, 5) is 0. The van der Waals surface area contributed by atoms with E-state index in [1.54, 1.807) is 25.1 Å². The van der Waals surface area contributed by atoms with E-state index in [9.17, 15) is 5.11 Å². The van der Waals surface area contributed by atoms with Crippen LogP contribution in [0.3, 0.4) is 0 Å².